The average Bonchev–Trinajstić information content (AvgIpc) is 3.01. The van der Waals surface area contributed by atoms with Gasteiger partial charge in [0, 0.05) is 6.04 Å². The van der Waals surface area contributed by atoms with Gasteiger partial charge in [0.25, 0.3) is 0 Å². The largest absolute Gasteiger partial charge is 0.495 e. The van der Waals surface area contributed by atoms with E-state index in [0.717, 1.165) is 12.3 Å². The zero-order chi connectivity index (χ0) is 13.2. The molecule has 3 rings (SSSR count). The molecule has 0 aliphatic heterocycles. The van der Waals surface area contributed by atoms with E-state index in [0.29, 0.717) is 23.4 Å². The molecule has 0 spiro atoms. The van der Waals surface area contributed by atoms with Crippen LogP contribution in [0.5, 0.6) is 5.75 Å². The Kier molecular flexibility index (Phi) is 3.32. The molecule has 1 aromatic carbocycles. The van der Waals surface area contributed by atoms with E-state index in [-0.39, 0.29) is 6.03 Å². The van der Waals surface area contributed by atoms with E-state index >= 15 is 0 Å². The average molecular weight is 260 g/mol. The molecule has 2 saturated carbocycles. The van der Waals surface area contributed by atoms with E-state index in [9.17, 15) is 4.79 Å². The first-order valence-corrected chi connectivity index (χ1v) is 6.97. The van der Waals surface area contributed by atoms with Crippen LogP contribution in [-0.4, -0.2) is 19.2 Å². The molecule has 0 unspecified atom stereocenters. The van der Waals surface area contributed by atoms with Gasteiger partial charge in [-0.3, -0.25) is 0 Å². The molecule has 3 atom stereocenters. The molecular weight excluding hydrogens is 240 g/mol. The van der Waals surface area contributed by atoms with E-state index in [1.807, 2.05) is 24.3 Å². The molecule has 2 fully saturated rings. The fourth-order valence-electron chi connectivity index (χ4n) is 3.50. The van der Waals surface area contributed by atoms with Crippen LogP contribution in [0, 0.1) is 11.8 Å². The number of benzene rings is 1. The number of hydrogen-bond donors (Lipinski definition) is 2. The third-order valence-electron chi connectivity index (χ3n) is 4.41. The number of rotatable bonds is 3. The highest BCUT2D eigenvalue weighted by molar-refractivity contribution is 5.91. The minimum atomic E-state index is -0.123. The number of ether oxygens (including phenoxy) is 1. The van der Waals surface area contributed by atoms with E-state index in [1.54, 1.807) is 7.11 Å². The Morgan fingerprint density at radius 2 is 2.11 bits per heavy atom. The van der Waals surface area contributed by atoms with Crippen LogP contribution in [-0.2, 0) is 0 Å². The number of urea groups is 1. The van der Waals surface area contributed by atoms with Crippen LogP contribution in [0.3, 0.4) is 0 Å². The van der Waals surface area contributed by atoms with Gasteiger partial charge >= 0.3 is 6.03 Å². The molecule has 4 nitrogen and oxygen atoms in total. The third-order valence-corrected chi connectivity index (χ3v) is 4.41. The van der Waals surface area contributed by atoms with Crippen LogP contribution in [0.4, 0.5) is 10.5 Å². The molecule has 102 valence electrons. The number of fused-ring (bicyclic) bond motifs is 2. The van der Waals surface area contributed by atoms with Crippen molar-refractivity contribution in [3.8, 4) is 5.75 Å². The summed E-state index contributed by atoms with van der Waals surface area (Å²) in [4.78, 5) is 12.0. The lowest BCUT2D eigenvalue weighted by molar-refractivity contribution is 0.242. The van der Waals surface area contributed by atoms with Gasteiger partial charge in [-0.15, -0.1) is 0 Å². The van der Waals surface area contributed by atoms with Crippen LogP contribution in [0.1, 0.15) is 25.7 Å². The van der Waals surface area contributed by atoms with E-state index in [4.69, 9.17) is 4.74 Å². The summed E-state index contributed by atoms with van der Waals surface area (Å²) < 4.78 is 5.22. The summed E-state index contributed by atoms with van der Waals surface area (Å²) in [6.07, 6.45) is 5.05. The smallest absolute Gasteiger partial charge is 0.319 e. The van der Waals surface area contributed by atoms with Crippen molar-refractivity contribution in [1.82, 2.24) is 5.32 Å². The highest BCUT2D eigenvalue weighted by atomic mass is 16.5. The van der Waals surface area contributed by atoms with Crippen molar-refractivity contribution in [2.24, 2.45) is 11.8 Å². The Bertz CT molecular complexity index is 475. The summed E-state index contributed by atoms with van der Waals surface area (Å²) in [6.45, 7) is 0. The maximum absolute atomic E-state index is 12.0. The molecule has 2 bridgehead atoms. The van der Waals surface area contributed by atoms with Crippen LogP contribution in [0.25, 0.3) is 0 Å². The van der Waals surface area contributed by atoms with Crippen molar-refractivity contribution in [3.63, 3.8) is 0 Å². The fourth-order valence-corrected chi connectivity index (χ4v) is 3.50. The van der Waals surface area contributed by atoms with Gasteiger partial charge in [0.2, 0.25) is 0 Å². The lowest BCUT2D eigenvalue weighted by Crippen LogP contribution is -2.41. The van der Waals surface area contributed by atoms with Gasteiger partial charge in [-0.2, -0.15) is 0 Å². The number of anilines is 1. The second-order valence-electron chi connectivity index (χ2n) is 5.58. The van der Waals surface area contributed by atoms with E-state index < -0.39 is 0 Å². The van der Waals surface area contributed by atoms with Gasteiger partial charge in [0.15, 0.2) is 0 Å². The van der Waals surface area contributed by atoms with Crippen LogP contribution in [0.2, 0.25) is 0 Å². The Morgan fingerprint density at radius 3 is 2.79 bits per heavy atom. The molecule has 2 aliphatic rings. The Balaban J connectivity index is 1.59. The zero-order valence-corrected chi connectivity index (χ0v) is 11.2. The van der Waals surface area contributed by atoms with Crippen molar-refractivity contribution >= 4 is 11.7 Å². The molecule has 0 heterocycles. The van der Waals surface area contributed by atoms with Gasteiger partial charge in [0.1, 0.15) is 5.75 Å². The SMILES string of the molecule is COc1ccccc1NC(=O)N[C@H]1C[C@H]2CC[C@H]1C2. The molecule has 0 aromatic heterocycles. The topological polar surface area (TPSA) is 50.4 Å². The maximum atomic E-state index is 12.0. The second-order valence-corrected chi connectivity index (χ2v) is 5.58. The normalized spacial score (nSPS) is 28.2. The number of carbonyl (C=O) groups is 1. The van der Waals surface area contributed by atoms with Crippen molar-refractivity contribution in [2.45, 2.75) is 31.7 Å². The van der Waals surface area contributed by atoms with Gasteiger partial charge in [-0.05, 0) is 43.2 Å². The summed E-state index contributed by atoms with van der Waals surface area (Å²) in [5.74, 6) is 2.21. The molecule has 0 radical (unpaired) electrons. The monoisotopic (exact) mass is 260 g/mol. The van der Waals surface area contributed by atoms with Gasteiger partial charge < -0.3 is 15.4 Å². The Labute approximate surface area is 113 Å². The highest BCUT2D eigenvalue weighted by Gasteiger charge is 2.40. The zero-order valence-electron chi connectivity index (χ0n) is 11.2. The van der Waals surface area contributed by atoms with Crippen molar-refractivity contribution in [1.29, 1.82) is 0 Å². The Morgan fingerprint density at radius 1 is 1.26 bits per heavy atom. The summed E-state index contributed by atoms with van der Waals surface area (Å²) in [5.41, 5.74) is 0.714. The van der Waals surface area contributed by atoms with Gasteiger partial charge in [0.05, 0.1) is 12.8 Å². The molecule has 4 heteroatoms. The molecule has 2 N–H and O–H groups in total. The van der Waals surface area contributed by atoms with Crippen LogP contribution >= 0.6 is 0 Å². The van der Waals surface area contributed by atoms with Gasteiger partial charge in [-0.25, -0.2) is 4.79 Å². The molecule has 2 amide bonds. The molecule has 2 aliphatic carbocycles. The minimum Gasteiger partial charge on any atom is -0.495 e. The predicted octanol–water partition coefficient (Wildman–Crippen LogP) is 3.01. The summed E-state index contributed by atoms with van der Waals surface area (Å²) in [5, 5.41) is 5.98. The van der Waals surface area contributed by atoms with Crippen LogP contribution in [0.15, 0.2) is 24.3 Å². The molecule has 1 aromatic rings. The first kappa shape index (κ1) is 12.3. The van der Waals surface area contributed by atoms with Gasteiger partial charge in [-0.1, -0.05) is 18.6 Å². The molecular formula is C15H20N2O2. The predicted molar refractivity (Wildman–Crippen MR) is 74.4 cm³/mol. The quantitative estimate of drug-likeness (QED) is 0.877. The summed E-state index contributed by atoms with van der Waals surface area (Å²) in [6, 6.07) is 7.69. The lowest BCUT2D eigenvalue weighted by Gasteiger charge is -2.23. The number of hydrogen-bond acceptors (Lipinski definition) is 2. The number of para-hydroxylation sites is 2. The third kappa shape index (κ3) is 2.53. The van der Waals surface area contributed by atoms with E-state index in [1.165, 1.54) is 19.3 Å². The number of amides is 2. The fraction of sp³-hybridized carbons (Fsp3) is 0.533. The molecule has 19 heavy (non-hydrogen) atoms. The molecule has 0 saturated heterocycles. The summed E-state index contributed by atoms with van der Waals surface area (Å²) >= 11 is 0. The van der Waals surface area contributed by atoms with E-state index in [2.05, 4.69) is 10.6 Å². The minimum absolute atomic E-state index is 0.123. The highest BCUT2D eigenvalue weighted by Crippen LogP contribution is 2.44. The van der Waals surface area contributed by atoms with Crippen molar-refractivity contribution < 1.29 is 9.53 Å². The summed E-state index contributed by atoms with van der Waals surface area (Å²) in [7, 11) is 1.61. The number of methoxy groups -OCH3 is 1. The van der Waals surface area contributed by atoms with Crippen molar-refractivity contribution in [2.75, 3.05) is 12.4 Å². The number of nitrogens with one attached hydrogen (secondary N) is 2. The maximum Gasteiger partial charge on any atom is 0.319 e. The Hall–Kier alpha value is -1.71. The number of carbonyl (C=O) groups excluding carboxylic acids is 1. The first-order chi connectivity index (χ1) is 9.26. The van der Waals surface area contributed by atoms with Crippen molar-refractivity contribution in [3.05, 3.63) is 24.3 Å². The standard InChI is InChI=1S/C15H20N2O2/c1-19-14-5-3-2-4-12(14)16-15(18)17-13-9-10-6-7-11(13)8-10/h2-5,10-11,13H,6-9H2,1H3,(H2,16,17,18)/t10-,11-,13-/m0/s1. The second kappa shape index (κ2) is 5.11. The van der Waals surface area contributed by atoms with Crippen LogP contribution < -0.4 is 15.4 Å². The lowest BCUT2D eigenvalue weighted by atomic mass is 9.95. The first-order valence-electron chi connectivity index (χ1n) is 6.97.